The highest BCUT2D eigenvalue weighted by Gasteiger charge is 2.48. The van der Waals surface area contributed by atoms with E-state index < -0.39 is 26.2 Å². The van der Waals surface area contributed by atoms with Crippen molar-refractivity contribution >= 4 is 38.6 Å². The van der Waals surface area contributed by atoms with Crippen LogP contribution in [0.5, 0.6) is 0 Å². The SMILES string of the molecule is Cc1ccc2nccc(SC(C)(C)C(=O)NS(=O)(=O)C(F)(F)F)c2c1. The Morgan fingerprint density at radius 1 is 1.20 bits per heavy atom. The van der Waals surface area contributed by atoms with E-state index in [0.29, 0.717) is 10.4 Å². The molecule has 0 saturated heterocycles. The number of aromatic nitrogens is 1. The smallest absolute Gasteiger partial charge is 0.272 e. The van der Waals surface area contributed by atoms with E-state index in [2.05, 4.69) is 4.98 Å². The molecule has 0 aliphatic heterocycles. The van der Waals surface area contributed by atoms with Crippen LogP contribution in [-0.2, 0) is 14.8 Å². The number of nitrogens with one attached hydrogen (secondary N) is 1. The molecule has 0 spiro atoms. The van der Waals surface area contributed by atoms with Crippen LogP contribution in [0.3, 0.4) is 0 Å². The molecule has 1 heterocycles. The van der Waals surface area contributed by atoms with Crippen molar-refractivity contribution in [2.24, 2.45) is 0 Å². The minimum Gasteiger partial charge on any atom is -0.272 e. The second kappa shape index (κ2) is 6.49. The Balaban J connectivity index is 2.33. The first-order valence-corrected chi connectivity index (χ1v) is 9.31. The molecule has 0 unspecified atom stereocenters. The maximum absolute atomic E-state index is 12.4. The number of nitrogens with zero attached hydrogens (tertiary/aromatic N) is 1. The number of carbonyl (C=O) groups excluding carboxylic acids is 1. The first-order valence-electron chi connectivity index (χ1n) is 7.01. The molecule has 0 fully saturated rings. The number of rotatable bonds is 4. The van der Waals surface area contributed by atoms with Gasteiger partial charge in [-0.2, -0.15) is 21.6 Å². The van der Waals surface area contributed by atoms with E-state index in [1.54, 1.807) is 12.1 Å². The molecule has 0 saturated carbocycles. The summed E-state index contributed by atoms with van der Waals surface area (Å²) in [6, 6.07) is 7.11. The lowest BCUT2D eigenvalue weighted by Gasteiger charge is -2.23. The summed E-state index contributed by atoms with van der Waals surface area (Å²) in [4.78, 5) is 16.9. The molecule has 0 aliphatic rings. The fraction of sp³-hybridized carbons (Fsp3) is 0.333. The molecule has 1 N–H and O–H groups in total. The van der Waals surface area contributed by atoms with Crippen LogP contribution in [0, 0.1) is 6.92 Å². The maximum atomic E-state index is 12.4. The van der Waals surface area contributed by atoms with Crippen LogP contribution in [0.1, 0.15) is 19.4 Å². The topological polar surface area (TPSA) is 76.1 Å². The molecule has 0 aliphatic carbocycles. The quantitative estimate of drug-likeness (QED) is 0.808. The summed E-state index contributed by atoms with van der Waals surface area (Å²) in [6.45, 7) is 4.57. The zero-order valence-electron chi connectivity index (χ0n) is 13.5. The minimum atomic E-state index is -5.75. The van der Waals surface area contributed by atoms with Crippen LogP contribution in [0.15, 0.2) is 35.4 Å². The Bertz CT molecular complexity index is 925. The van der Waals surface area contributed by atoms with Crippen LogP contribution in [0.4, 0.5) is 13.2 Å². The summed E-state index contributed by atoms with van der Waals surface area (Å²) in [5.41, 5.74) is -3.94. The zero-order valence-corrected chi connectivity index (χ0v) is 15.1. The third kappa shape index (κ3) is 4.24. The van der Waals surface area contributed by atoms with E-state index in [0.717, 1.165) is 27.4 Å². The fourth-order valence-electron chi connectivity index (χ4n) is 1.95. The van der Waals surface area contributed by atoms with Gasteiger partial charge in [0.05, 0.1) is 10.3 Å². The van der Waals surface area contributed by atoms with E-state index >= 15 is 0 Å². The molecule has 0 radical (unpaired) electrons. The van der Waals surface area contributed by atoms with Crippen molar-refractivity contribution in [2.45, 2.75) is 35.9 Å². The van der Waals surface area contributed by atoms with Gasteiger partial charge in [-0.3, -0.25) is 9.78 Å². The number of pyridine rings is 1. The predicted octanol–water partition coefficient (Wildman–Crippen LogP) is 3.38. The van der Waals surface area contributed by atoms with Crippen LogP contribution in [0.25, 0.3) is 10.9 Å². The summed E-state index contributed by atoms with van der Waals surface area (Å²) in [7, 11) is -5.75. The summed E-state index contributed by atoms with van der Waals surface area (Å²) in [6.07, 6.45) is 1.51. The normalized spacial score (nSPS) is 13.0. The van der Waals surface area contributed by atoms with Gasteiger partial charge in [0, 0.05) is 16.5 Å². The number of fused-ring (bicyclic) bond motifs is 1. The minimum absolute atomic E-state index is 0.609. The third-order valence-corrected chi connectivity index (χ3v) is 5.64. The lowest BCUT2D eigenvalue weighted by molar-refractivity contribution is -0.121. The van der Waals surface area contributed by atoms with E-state index in [4.69, 9.17) is 0 Å². The Labute approximate surface area is 147 Å². The molecule has 0 atom stereocenters. The van der Waals surface area contributed by atoms with E-state index in [-0.39, 0.29) is 0 Å². The molecular formula is C15H15F3N2O3S2. The summed E-state index contributed by atoms with van der Waals surface area (Å²) >= 11 is 0.960. The molecule has 136 valence electrons. The number of carbonyl (C=O) groups is 1. The van der Waals surface area contributed by atoms with Gasteiger partial charge in [-0.1, -0.05) is 11.6 Å². The van der Waals surface area contributed by atoms with E-state index in [1.165, 1.54) is 20.0 Å². The number of alkyl halides is 3. The number of sulfonamides is 1. The molecule has 1 amide bonds. The Kier molecular flexibility index (Phi) is 5.06. The average molecular weight is 392 g/mol. The second-order valence-corrected chi connectivity index (χ2v) is 9.16. The van der Waals surface area contributed by atoms with Crippen molar-refractivity contribution in [3.63, 3.8) is 0 Å². The zero-order chi connectivity index (χ0) is 19.0. The standard InChI is InChI=1S/C15H15F3N2O3S2/c1-9-4-5-11-10(8-9)12(6-7-19-11)24-14(2,3)13(21)20-25(22,23)15(16,17)18/h4-8H,1-3H3,(H,20,21). The number of thioether (sulfide) groups is 1. The lowest BCUT2D eigenvalue weighted by atomic mass is 10.1. The molecule has 25 heavy (non-hydrogen) atoms. The summed E-state index contributed by atoms with van der Waals surface area (Å²) in [5, 5.41) is 0.729. The molecule has 1 aromatic carbocycles. The number of hydrogen-bond donors (Lipinski definition) is 1. The van der Waals surface area contributed by atoms with Crippen molar-refractivity contribution < 1.29 is 26.4 Å². The Morgan fingerprint density at radius 3 is 2.44 bits per heavy atom. The molecule has 2 rings (SSSR count). The van der Waals surface area contributed by atoms with Crippen molar-refractivity contribution in [1.29, 1.82) is 0 Å². The van der Waals surface area contributed by atoms with Gasteiger partial charge < -0.3 is 0 Å². The van der Waals surface area contributed by atoms with Gasteiger partial charge in [-0.25, -0.2) is 4.72 Å². The fourth-order valence-corrected chi connectivity index (χ4v) is 3.72. The molecular weight excluding hydrogens is 377 g/mol. The number of halogens is 3. The maximum Gasteiger partial charge on any atom is 0.516 e. The van der Waals surface area contributed by atoms with Crippen molar-refractivity contribution in [2.75, 3.05) is 0 Å². The van der Waals surface area contributed by atoms with Crippen molar-refractivity contribution in [3.05, 3.63) is 36.0 Å². The highest BCUT2D eigenvalue weighted by Crippen LogP contribution is 2.37. The highest BCUT2D eigenvalue weighted by molar-refractivity contribution is 8.01. The van der Waals surface area contributed by atoms with Gasteiger partial charge in [-0.05, 0) is 39.0 Å². The molecule has 1 aromatic heterocycles. The van der Waals surface area contributed by atoms with Gasteiger partial charge in [0.25, 0.3) is 0 Å². The van der Waals surface area contributed by atoms with Crippen LogP contribution in [0.2, 0.25) is 0 Å². The van der Waals surface area contributed by atoms with Crippen molar-refractivity contribution in [3.8, 4) is 0 Å². The van der Waals surface area contributed by atoms with Crippen LogP contribution in [-0.4, -0.2) is 29.6 Å². The van der Waals surface area contributed by atoms with Crippen molar-refractivity contribution in [1.82, 2.24) is 9.71 Å². The number of benzene rings is 1. The highest BCUT2D eigenvalue weighted by atomic mass is 32.2. The largest absolute Gasteiger partial charge is 0.516 e. The lowest BCUT2D eigenvalue weighted by Crippen LogP contribution is -2.47. The summed E-state index contributed by atoms with van der Waals surface area (Å²) in [5.74, 6) is -1.26. The van der Waals surface area contributed by atoms with Gasteiger partial charge in [0.2, 0.25) is 5.91 Å². The molecule has 10 heteroatoms. The first-order chi connectivity index (χ1) is 11.3. The average Bonchev–Trinajstić information content (AvgIpc) is 2.46. The van der Waals surface area contributed by atoms with Crippen LogP contribution < -0.4 is 4.72 Å². The molecule has 2 aromatic rings. The van der Waals surface area contributed by atoms with Gasteiger partial charge >= 0.3 is 15.5 Å². The second-order valence-electron chi connectivity index (χ2n) is 5.82. The number of hydrogen-bond acceptors (Lipinski definition) is 5. The molecule has 5 nitrogen and oxygen atoms in total. The monoisotopic (exact) mass is 392 g/mol. The molecule has 0 bridgehead atoms. The predicted molar refractivity (Wildman–Crippen MR) is 89.5 cm³/mol. The van der Waals surface area contributed by atoms with E-state index in [1.807, 2.05) is 19.1 Å². The van der Waals surface area contributed by atoms with E-state index in [9.17, 15) is 26.4 Å². The number of aryl methyl sites for hydroxylation is 1. The third-order valence-electron chi connectivity index (χ3n) is 3.30. The van der Waals surface area contributed by atoms with Gasteiger partial charge in [0.15, 0.2) is 0 Å². The van der Waals surface area contributed by atoms with Crippen LogP contribution >= 0.6 is 11.8 Å². The number of amides is 1. The summed E-state index contributed by atoms with van der Waals surface area (Å²) < 4.78 is 59.2. The van der Waals surface area contributed by atoms with Gasteiger partial charge in [-0.15, -0.1) is 11.8 Å². The Morgan fingerprint density at radius 2 is 1.84 bits per heavy atom. The first kappa shape index (κ1) is 19.5. The van der Waals surface area contributed by atoms with Gasteiger partial charge in [0.1, 0.15) is 0 Å². The Hall–Kier alpha value is -1.81.